The molecular formula is C13H15N3O4S. The van der Waals surface area contributed by atoms with Crippen molar-refractivity contribution < 1.29 is 18.3 Å². The Morgan fingerprint density at radius 2 is 1.95 bits per heavy atom. The number of sulfonamides is 1. The molecule has 0 spiro atoms. The summed E-state index contributed by atoms with van der Waals surface area (Å²) in [6.07, 6.45) is 0. The average molecular weight is 309 g/mol. The van der Waals surface area contributed by atoms with Crippen LogP contribution in [-0.2, 0) is 15.8 Å². The van der Waals surface area contributed by atoms with Crippen LogP contribution in [0, 0.1) is 6.92 Å². The van der Waals surface area contributed by atoms with Crippen molar-refractivity contribution in [2.45, 2.75) is 12.7 Å². The van der Waals surface area contributed by atoms with Crippen molar-refractivity contribution in [2.24, 2.45) is 0 Å². The van der Waals surface area contributed by atoms with E-state index in [9.17, 15) is 13.2 Å². The number of carboxylic acid groups (broad SMARTS) is 1. The van der Waals surface area contributed by atoms with E-state index in [0.717, 1.165) is 0 Å². The quantitative estimate of drug-likeness (QED) is 0.855. The van der Waals surface area contributed by atoms with Gasteiger partial charge in [0.25, 0.3) is 0 Å². The monoisotopic (exact) mass is 309 g/mol. The zero-order valence-corrected chi connectivity index (χ0v) is 12.4. The van der Waals surface area contributed by atoms with Gasteiger partial charge in [-0.1, -0.05) is 12.1 Å². The van der Waals surface area contributed by atoms with Gasteiger partial charge in [0.1, 0.15) is 0 Å². The zero-order chi connectivity index (χ0) is 15.6. The molecule has 2 rings (SSSR count). The number of carbonyl (C=O) groups is 1. The number of carboxylic acids is 1. The summed E-state index contributed by atoms with van der Waals surface area (Å²) in [6.45, 7) is 1.75. The van der Waals surface area contributed by atoms with Crippen LogP contribution in [0.2, 0.25) is 0 Å². The summed E-state index contributed by atoms with van der Waals surface area (Å²) in [7, 11) is -1.95. The first kappa shape index (κ1) is 15.2. The first-order valence-corrected chi connectivity index (χ1v) is 7.78. The second kappa shape index (κ2) is 5.66. The van der Waals surface area contributed by atoms with Gasteiger partial charge in [-0.3, -0.25) is 0 Å². The molecule has 0 atom stereocenters. The van der Waals surface area contributed by atoms with E-state index < -0.39 is 16.0 Å². The van der Waals surface area contributed by atoms with E-state index in [4.69, 9.17) is 5.11 Å². The Balaban J connectivity index is 2.29. The second-order valence-electron chi connectivity index (χ2n) is 4.52. The Kier molecular flexibility index (Phi) is 4.10. The number of aromatic carboxylic acids is 1. The number of benzene rings is 1. The third-order valence-electron chi connectivity index (χ3n) is 2.96. The lowest BCUT2D eigenvalue weighted by Gasteiger charge is -2.06. The molecule has 0 radical (unpaired) electrons. The van der Waals surface area contributed by atoms with Gasteiger partial charge in [0, 0.05) is 5.69 Å². The van der Waals surface area contributed by atoms with E-state index in [2.05, 4.69) is 9.82 Å². The minimum atomic E-state index is -3.32. The maximum Gasteiger partial charge on any atom is 0.356 e. The predicted octanol–water partition coefficient (Wildman–Crippen LogP) is 0.928. The Labute approximate surface area is 122 Å². The molecule has 1 heterocycles. The lowest BCUT2D eigenvalue weighted by molar-refractivity contribution is 0.0690. The molecule has 0 aliphatic carbocycles. The summed E-state index contributed by atoms with van der Waals surface area (Å²) < 4.78 is 26.7. The molecule has 8 heteroatoms. The number of rotatable bonds is 5. The van der Waals surface area contributed by atoms with Gasteiger partial charge in [-0.05, 0) is 37.7 Å². The highest BCUT2D eigenvalue weighted by atomic mass is 32.2. The maximum absolute atomic E-state index is 11.5. The number of nitrogens with one attached hydrogen (secondary N) is 1. The molecule has 0 aliphatic rings. The maximum atomic E-state index is 11.5. The van der Waals surface area contributed by atoms with E-state index in [1.165, 1.54) is 17.8 Å². The number of nitrogens with zero attached hydrogens (tertiary/aromatic N) is 2. The molecule has 0 saturated heterocycles. The van der Waals surface area contributed by atoms with Gasteiger partial charge in [-0.15, -0.1) is 0 Å². The minimum absolute atomic E-state index is 0.0330. The lowest BCUT2D eigenvalue weighted by Crippen LogP contribution is -2.20. The van der Waals surface area contributed by atoms with Gasteiger partial charge in [0.05, 0.1) is 11.4 Å². The van der Waals surface area contributed by atoms with Crippen molar-refractivity contribution in [3.05, 3.63) is 47.3 Å². The molecule has 112 valence electrons. The molecule has 0 bridgehead atoms. The fourth-order valence-electron chi connectivity index (χ4n) is 1.87. The summed E-state index contributed by atoms with van der Waals surface area (Å²) in [5.74, 6) is -1.20. The van der Waals surface area contributed by atoms with Crippen molar-refractivity contribution in [1.29, 1.82) is 0 Å². The van der Waals surface area contributed by atoms with Crippen molar-refractivity contribution in [1.82, 2.24) is 14.5 Å². The van der Waals surface area contributed by atoms with Gasteiger partial charge < -0.3 is 5.11 Å². The standard InChI is InChI=1S/C13H15N3O4S/c1-9-7-12(13(17)18)15-16(9)11-5-3-10(4-6-11)8-21(19,20)14-2/h3-7,14H,8H2,1-2H3,(H,17,18). The molecule has 2 aromatic rings. The molecule has 1 aromatic carbocycles. The summed E-state index contributed by atoms with van der Waals surface area (Å²) >= 11 is 0. The van der Waals surface area contributed by atoms with Gasteiger partial charge in [-0.25, -0.2) is 22.6 Å². The fourth-order valence-corrected chi connectivity index (χ4v) is 2.64. The third kappa shape index (κ3) is 3.47. The van der Waals surface area contributed by atoms with Crippen LogP contribution in [-0.4, -0.2) is 36.3 Å². The Morgan fingerprint density at radius 1 is 1.33 bits per heavy atom. The predicted molar refractivity (Wildman–Crippen MR) is 76.9 cm³/mol. The minimum Gasteiger partial charge on any atom is -0.476 e. The summed E-state index contributed by atoms with van der Waals surface area (Å²) in [5.41, 5.74) is 1.96. The van der Waals surface area contributed by atoms with E-state index in [1.807, 2.05) is 0 Å². The molecule has 1 aromatic heterocycles. The van der Waals surface area contributed by atoms with Crippen LogP contribution in [0.4, 0.5) is 0 Å². The van der Waals surface area contributed by atoms with Crippen LogP contribution in [0.15, 0.2) is 30.3 Å². The molecule has 7 nitrogen and oxygen atoms in total. The summed E-state index contributed by atoms with van der Waals surface area (Å²) in [4.78, 5) is 10.9. The van der Waals surface area contributed by atoms with E-state index >= 15 is 0 Å². The van der Waals surface area contributed by atoms with Crippen LogP contribution in [0.25, 0.3) is 5.69 Å². The first-order valence-electron chi connectivity index (χ1n) is 6.13. The Hall–Kier alpha value is -2.19. The Morgan fingerprint density at radius 3 is 2.43 bits per heavy atom. The largest absolute Gasteiger partial charge is 0.476 e. The molecule has 0 fully saturated rings. The number of hydrogen-bond acceptors (Lipinski definition) is 4. The lowest BCUT2D eigenvalue weighted by atomic mass is 10.2. The SMILES string of the molecule is CNS(=O)(=O)Cc1ccc(-n2nc(C(=O)O)cc2C)cc1. The van der Waals surface area contributed by atoms with Crippen molar-refractivity contribution in [2.75, 3.05) is 7.05 Å². The second-order valence-corrected chi connectivity index (χ2v) is 6.44. The number of hydrogen-bond donors (Lipinski definition) is 2. The van der Waals surface area contributed by atoms with Gasteiger partial charge >= 0.3 is 5.97 Å². The molecule has 2 N–H and O–H groups in total. The highest BCUT2D eigenvalue weighted by Gasteiger charge is 2.12. The molecule has 21 heavy (non-hydrogen) atoms. The highest BCUT2D eigenvalue weighted by molar-refractivity contribution is 7.88. The van der Waals surface area contributed by atoms with E-state index in [-0.39, 0.29) is 11.4 Å². The average Bonchev–Trinajstić information content (AvgIpc) is 2.82. The van der Waals surface area contributed by atoms with Crippen LogP contribution < -0.4 is 4.72 Å². The van der Waals surface area contributed by atoms with Gasteiger partial charge in [-0.2, -0.15) is 5.10 Å². The number of aryl methyl sites for hydroxylation is 1. The Bertz CT molecular complexity index is 763. The van der Waals surface area contributed by atoms with Gasteiger partial charge in [0.15, 0.2) is 5.69 Å². The van der Waals surface area contributed by atoms with Crippen LogP contribution >= 0.6 is 0 Å². The van der Waals surface area contributed by atoms with Crippen LogP contribution in [0.3, 0.4) is 0 Å². The third-order valence-corrected chi connectivity index (χ3v) is 4.29. The van der Waals surface area contributed by atoms with Crippen molar-refractivity contribution >= 4 is 16.0 Å². The smallest absolute Gasteiger partial charge is 0.356 e. The van der Waals surface area contributed by atoms with Crippen molar-refractivity contribution in [3.63, 3.8) is 0 Å². The van der Waals surface area contributed by atoms with E-state index in [1.54, 1.807) is 31.2 Å². The molecule has 0 unspecified atom stereocenters. The molecule has 0 saturated carbocycles. The van der Waals surface area contributed by atoms with Crippen LogP contribution in [0.1, 0.15) is 21.7 Å². The van der Waals surface area contributed by atoms with Crippen molar-refractivity contribution in [3.8, 4) is 5.69 Å². The molecule has 0 aliphatic heterocycles. The summed E-state index contributed by atoms with van der Waals surface area (Å²) in [5, 5.41) is 12.9. The highest BCUT2D eigenvalue weighted by Crippen LogP contribution is 2.14. The molecular weight excluding hydrogens is 294 g/mol. The number of aromatic nitrogens is 2. The topological polar surface area (TPSA) is 101 Å². The van der Waals surface area contributed by atoms with Gasteiger partial charge in [0.2, 0.25) is 10.0 Å². The van der Waals surface area contributed by atoms with E-state index in [0.29, 0.717) is 16.9 Å². The zero-order valence-electron chi connectivity index (χ0n) is 11.6. The normalized spacial score (nSPS) is 11.5. The molecule has 0 amide bonds. The first-order chi connectivity index (χ1) is 9.82. The van der Waals surface area contributed by atoms with Crippen LogP contribution in [0.5, 0.6) is 0 Å². The fraction of sp³-hybridized carbons (Fsp3) is 0.231. The summed E-state index contributed by atoms with van der Waals surface area (Å²) in [6, 6.07) is 8.22.